The first-order valence-electron chi connectivity index (χ1n) is 8.83. The summed E-state index contributed by atoms with van der Waals surface area (Å²) >= 11 is 0. The van der Waals surface area contributed by atoms with Crippen LogP contribution in [0.3, 0.4) is 0 Å². The zero-order valence-electron chi connectivity index (χ0n) is 15.4. The Morgan fingerprint density at radius 2 is 1.54 bits per heavy atom. The van der Waals surface area contributed by atoms with E-state index >= 15 is 0 Å². The van der Waals surface area contributed by atoms with Gasteiger partial charge in [-0.1, -0.05) is 60.7 Å². The molecule has 1 fully saturated rings. The number of rotatable bonds is 2. The van der Waals surface area contributed by atoms with Crippen LogP contribution in [0.25, 0.3) is 0 Å². The Morgan fingerprint density at radius 1 is 1.00 bits per heavy atom. The number of carbonyl (C=O) groups is 1. The molecule has 138 valence electrons. The molecule has 4 nitrogen and oxygen atoms in total. The Morgan fingerprint density at radius 3 is 2.08 bits per heavy atom. The third-order valence-corrected chi connectivity index (χ3v) is 6.02. The van der Waals surface area contributed by atoms with E-state index in [1.165, 1.54) is 0 Å². The first-order chi connectivity index (χ1) is 12.4. The maximum atomic E-state index is 13.0. The maximum absolute atomic E-state index is 13.0. The molecule has 1 unspecified atom stereocenters. The van der Waals surface area contributed by atoms with Gasteiger partial charge in [-0.25, -0.2) is 4.79 Å². The van der Waals surface area contributed by atoms with Gasteiger partial charge in [0, 0.05) is 23.1 Å². The van der Waals surface area contributed by atoms with Crippen LogP contribution in [-0.4, -0.2) is 33.1 Å². The first-order valence-corrected chi connectivity index (χ1v) is 10.2. The van der Waals surface area contributed by atoms with Crippen molar-refractivity contribution in [3.63, 3.8) is 0 Å². The minimum Gasteiger partial charge on any atom is -0.444 e. The smallest absolute Gasteiger partial charge is 0.410 e. The Hall–Kier alpha value is -2.14. The van der Waals surface area contributed by atoms with Gasteiger partial charge in [-0.2, -0.15) is 0 Å². The monoisotopic (exact) mass is 371 g/mol. The van der Waals surface area contributed by atoms with Gasteiger partial charge in [0.1, 0.15) is 5.60 Å². The van der Waals surface area contributed by atoms with Crippen LogP contribution in [0.5, 0.6) is 0 Å². The van der Waals surface area contributed by atoms with Crippen molar-refractivity contribution < 1.29 is 13.7 Å². The minimum absolute atomic E-state index is 0.278. The van der Waals surface area contributed by atoms with E-state index in [1.807, 2.05) is 81.4 Å². The zero-order valence-corrected chi connectivity index (χ0v) is 16.2. The third-order valence-electron chi connectivity index (χ3n) is 4.34. The topological polar surface area (TPSA) is 46.6 Å². The lowest BCUT2D eigenvalue weighted by Crippen LogP contribution is -2.47. The summed E-state index contributed by atoms with van der Waals surface area (Å²) in [6.45, 7) is 6.00. The van der Waals surface area contributed by atoms with E-state index in [0.717, 1.165) is 11.1 Å². The molecule has 0 N–H and O–H groups in total. The number of benzene rings is 2. The molecule has 1 aliphatic rings. The number of amides is 1. The Kier molecular flexibility index (Phi) is 5.47. The third kappa shape index (κ3) is 4.15. The van der Waals surface area contributed by atoms with Crippen LogP contribution in [0.4, 0.5) is 4.79 Å². The standard InChI is InChI=1S/C21H25NO3S/c1-21(2,3)25-20(23)22-14-15-26(24)19(17-12-8-5-9-13-17)18(22)16-10-6-4-7-11-16/h4-13,18-19H,14-15H2,1-3H3/t18-,19+,26?/m0/s1. The van der Waals surface area contributed by atoms with Gasteiger partial charge in [-0.15, -0.1) is 0 Å². The van der Waals surface area contributed by atoms with Gasteiger partial charge in [0.2, 0.25) is 0 Å². The molecule has 3 rings (SSSR count). The molecule has 0 spiro atoms. The highest BCUT2D eigenvalue weighted by atomic mass is 32.2. The first kappa shape index (κ1) is 18.6. The average molecular weight is 372 g/mol. The average Bonchev–Trinajstić information content (AvgIpc) is 2.61. The fourth-order valence-electron chi connectivity index (χ4n) is 3.27. The van der Waals surface area contributed by atoms with Gasteiger partial charge >= 0.3 is 6.09 Å². The van der Waals surface area contributed by atoms with E-state index in [1.54, 1.807) is 4.90 Å². The van der Waals surface area contributed by atoms with Crippen molar-refractivity contribution in [1.29, 1.82) is 0 Å². The van der Waals surface area contributed by atoms with Gasteiger partial charge in [0.05, 0.1) is 11.3 Å². The summed E-state index contributed by atoms with van der Waals surface area (Å²) in [6, 6.07) is 19.3. The molecule has 1 saturated heterocycles. The summed E-state index contributed by atoms with van der Waals surface area (Å²) in [5.41, 5.74) is 1.38. The van der Waals surface area contributed by atoms with Gasteiger partial charge in [-0.05, 0) is 31.9 Å². The van der Waals surface area contributed by atoms with Gasteiger partial charge in [0.15, 0.2) is 0 Å². The lowest BCUT2D eigenvalue weighted by molar-refractivity contribution is 0.0156. The van der Waals surface area contributed by atoms with Crippen LogP contribution in [-0.2, 0) is 15.5 Å². The number of hydrogen-bond donors (Lipinski definition) is 0. The Labute approximate surface area is 157 Å². The lowest BCUT2D eigenvalue weighted by atomic mass is 9.96. The second-order valence-corrected chi connectivity index (χ2v) is 9.12. The second kappa shape index (κ2) is 7.62. The fourth-order valence-corrected chi connectivity index (χ4v) is 4.95. The van der Waals surface area contributed by atoms with E-state index in [-0.39, 0.29) is 17.4 Å². The summed E-state index contributed by atoms with van der Waals surface area (Å²) < 4.78 is 18.6. The molecule has 0 aliphatic carbocycles. The van der Waals surface area contributed by atoms with Crippen LogP contribution < -0.4 is 0 Å². The van der Waals surface area contributed by atoms with Crippen molar-refractivity contribution in [1.82, 2.24) is 4.90 Å². The normalized spacial score (nSPS) is 23.5. The summed E-state index contributed by atoms with van der Waals surface area (Å²) in [7, 11) is -1.07. The second-order valence-electron chi connectivity index (χ2n) is 7.45. The van der Waals surface area contributed by atoms with Crippen LogP contribution >= 0.6 is 0 Å². The van der Waals surface area contributed by atoms with Crippen LogP contribution in [0.2, 0.25) is 0 Å². The SMILES string of the molecule is CC(C)(C)OC(=O)N1CCS(=O)[C@H](c2ccccc2)[C@@H]1c1ccccc1. The van der Waals surface area contributed by atoms with Crippen molar-refractivity contribution >= 4 is 16.9 Å². The molecule has 1 heterocycles. The van der Waals surface area contributed by atoms with Crippen molar-refractivity contribution in [3.05, 3.63) is 71.8 Å². The van der Waals surface area contributed by atoms with Gasteiger partial charge in [0.25, 0.3) is 0 Å². The van der Waals surface area contributed by atoms with E-state index in [9.17, 15) is 9.00 Å². The maximum Gasteiger partial charge on any atom is 0.410 e. The summed E-state index contributed by atoms with van der Waals surface area (Å²) in [5, 5.41) is -0.278. The van der Waals surface area contributed by atoms with Crippen LogP contribution in [0.15, 0.2) is 60.7 Å². The molecule has 1 amide bonds. The minimum atomic E-state index is -1.07. The molecular weight excluding hydrogens is 346 g/mol. The van der Waals surface area contributed by atoms with E-state index in [0.29, 0.717) is 12.3 Å². The van der Waals surface area contributed by atoms with Gasteiger partial charge in [-0.3, -0.25) is 9.11 Å². The molecule has 5 heteroatoms. The number of hydrogen-bond acceptors (Lipinski definition) is 3. The van der Waals surface area contributed by atoms with Crippen LogP contribution in [0.1, 0.15) is 43.2 Å². The quantitative estimate of drug-likeness (QED) is 0.782. The van der Waals surface area contributed by atoms with Crippen LogP contribution in [0, 0.1) is 0 Å². The molecular formula is C21H25NO3S. The largest absolute Gasteiger partial charge is 0.444 e. The predicted octanol–water partition coefficient (Wildman–Crippen LogP) is 4.47. The lowest BCUT2D eigenvalue weighted by Gasteiger charge is -2.41. The molecule has 26 heavy (non-hydrogen) atoms. The zero-order chi connectivity index (χ0) is 18.7. The highest BCUT2D eigenvalue weighted by molar-refractivity contribution is 7.85. The van der Waals surface area contributed by atoms with E-state index in [2.05, 4.69) is 0 Å². The summed E-state index contributed by atoms with van der Waals surface area (Å²) in [4.78, 5) is 14.6. The molecule has 2 aromatic carbocycles. The highest BCUT2D eigenvalue weighted by Gasteiger charge is 2.42. The fraction of sp³-hybridized carbons (Fsp3) is 0.381. The molecule has 0 saturated carbocycles. The Balaban J connectivity index is 2.04. The molecule has 0 radical (unpaired) electrons. The van der Waals surface area contributed by atoms with Crippen molar-refractivity contribution in [2.75, 3.05) is 12.3 Å². The predicted molar refractivity (Wildman–Crippen MR) is 104 cm³/mol. The van der Waals surface area contributed by atoms with E-state index < -0.39 is 16.4 Å². The Bertz CT molecular complexity index is 771. The number of nitrogens with zero attached hydrogens (tertiary/aromatic N) is 1. The van der Waals surface area contributed by atoms with E-state index in [4.69, 9.17) is 4.74 Å². The highest BCUT2D eigenvalue weighted by Crippen LogP contribution is 2.41. The van der Waals surface area contributed by atoms with Gasteiger partial charge < -0.3 is 4.74 Å². The molecule has 3 atom stereocenters. The number of carbonyl (C=O) groups excluding carboxylic acids is 1. The molecule has 1 aliphatic heterocycles. The summed E-state index contributed by atoms with van der Waals surface area (Å²) in [5.74, 6) is 0.447. The molecule has 0 bridgehead atoms. The summed E-state index contributed by atoms with van der Waals surface area (Å²) in [6.07, 6.45) is -0.357. The number of ether oxygens (including phenoxy) is 1. The van der Waals surface area contributed by atoms with Crippen molar-refractivity contribution in [2.24, 2.45) is 0 Å². The molecule has 2 aromatic rings. The molecule has 0 aromatic heterocycles. The van der Waals surface area contributed by atoms with Crippen molar-refractivity contribution in [3.8, 4) is 0 Å². The van der Waals surface area contributed by atoms with Crippen molar-refractivity contribution in [2.45, 2.75) is 37.7 Å².